The quantitative estimate of drug-likeness (QED) is 0.798. The summed E-state index contributed by atoms with van der Waals surface area (Å²) < 4.78 is 20.7. The van der Waals surface area contributed by atoms with Crippen LogP contribution in [-0.4, -0.2) is 9.97 Å². The lowest BCUT2D eigenvalue weighted by atomic mass is 10.0. The maximum Gasteiger partial charge on any atom is 0.259 e. The topological polar surface area (TPSA) is 35.0 Å². The van der Waals surface area contributed by atoms with E-state index in [1.165, 1.54) is 6.33 Å². The van der Waals surface area contributed by atoms with Crippen molar-refractivity contribution in [2.45, 2.75) is 33.1 Å². The van der Waals surface area contributed by atoms with Crippen LogP contribution in [-0.2, 0) is 6.42 Å². The molecule has 0 radical (unpaired) electrons. The van der Waals surface area contributed by atoms with E-state index in [2.05, 4.69) is 39.7 Å². The Morgan fingerprint density at radius 1 is 1.30 bits per heavy atom. The molecule has 0 saturated heterocycles. The van der Waals surface area contributed by atoms with Gasteiger partial charge in [0.1, 0.15) is 12.1 Å². The lowest BCUT2D eigenvalue weighted by Gasteiger charge is -2.14. The number of halogens is 2. The van der Waals surface area contributed by atoms with Gasteiger partial charge in [-0.2, -0.15) is 9.37 Å². The van der Waals surface area contributed by atoms with Crippen LogP contribution in [0.15, 0.2) is 29.0 Å². The first kappa shape index (κ1) is 14.9. The molecule has 0 amide bonds. The number of hydrogen-bond donors (Lipinski definition) is 0. The molecule has 0 atom stereocenters. The van der Waals surface area contributed by atoms with E-state index >= 15 is 0 Å². The molecule has 2 aromatic rings. The summed E-state index contributed by atoms with van der Waals surface area (Å²) in [6.07, 6.45) is 1.83. The molecule has 106 valence electrons. The Morgan fingerprint density at radius 2 is 2.05 bits per heavy atom. The van der Waals surface area contributed by atoms with Crippen LogP contribution in [0.3, 0.4) is 0 Å². The summed E-state index contributed by atoms with van der Waals surface area (Å²) in [6.45, 7) is 5.96. The van der Waals surface area contributed by atoms with Gasteiger partial charge in [-0.25, -0.2) is 4.98 Å². The first-order chi connectivity index (χ1) is 9.52. The fourth-order valence-electron chi connectivity index (χ4n) is 1.87. The summed E-state index contributed by atoms with van der Waals surface area (Å²) in [7, 11) is 0. The van der Waals surface area contributed by atoms with Crippen molar-refractivity contribution >= 4 is 15.9 Å². The summed E-state index contributed by atoms with van der Waals surface area (Å²) in [5, 5.41) is 0. The smallest absolute Gasteiger partial charge is 0.259 e. The Labute approximate surface area is 126 Å². The summed E-state index contributed by atoms with van der Waals surface area (Å²) >= 11 is 3.43. The number of ether oxygens (including phenoxy) is 1. The third-order valence-electron chi connectivity index (χ3n) is 2.97. The summed E-state index contributed by atoms with van der Waals surface area (Å²) in [5.74, 6) is 0.356. The number of hydrogen-bond acceptors (Lipinski definition) is 3. The maximum absolute atomic E-state index is 14.1. The van der Waals surface area contributed by atoms with Crippen LogP contribution >= 0.6 is 15.9 Å². The second-order valence-corrected chi connectivity index (χ2v) is 5.65. The Morgan fingerprint density at radius 3 is 2.70 bits per heavy atom. The predicted octanol–water partition coefficient (Wildman–Crippen LogP) is 4.86. The predicted molar refractivity (Wildman–Crippen MR) is 79.7 cm³/mol. The second-order valence-electron chi connectivity index (χ2n) is 4.73. The van der Waals surface area contributed by atoms with E-state index in [1.54, 1.807) is 0 Å². The van der Waals surface area contributed by atoms with Crippen LogP contribution in [0, 0.1) is 5.82 Å². The van der Waals surface area contributed by atoms with Crippen molar-refractivity contribution in [1.82, 2.24) is 9.97 Å². The van der Waals surface area contributed by atoms with Crippen molar-refractivity contribution in [2.24, 2.45) is 0 Å². The largest absolute Gasteiger partial charge is 0.436 e. The van der Waals surface area contributed by atoms with E-state index in [4.69, 9.17) is 4.74 Å². The molecule has 20 heavy (non-hydrogen) atoms. The maximum atomic E-state index is 14.1. The molecule has 1 aromatic heterocycles. The Hall–Kier alpha value is -1.49. The number of rotatable bonds is 4. The van der Waals surface area contributed by atoms with Gasteiger partial charge in [-0.3, -0.25) is 0 Å². The van der Waals surface area contributed by atoms with Gasteiger partial charge in [-0.1, -0.05) is 36.7 Å². The van der Waals surface area contributed by atoms with E-state index in [-0.39, 0.29) is 11.8 Å². The molecule has 2 rings (SSSR count). The van der Waals surface area contributed by atoms with Crippen molar-refractivity contribution in [3.05, 3.63) is 46.1 Å². The molecule has 1 heterocycles. The molecular formula is C15H16BrFN2O. The van der Waals surface area contributed by atoms with E-state index in [9.17, 15) is 4.39 Å². The first-order valence-electron chi connectivity index (χ1n) is 6.49. The van der Waals surface area contributed by atoms with Crippen LogP contribution in [0.2, 0.25) is 0 Å². The van der Waals surface area contributed by atoms with Gasteiger partial charge < -0.3 is 4.74 Å². The highest BCUT2D eigenvalue weighted by molar-refractivity contribution is 9.10. The SMILES string of the molecule is CCc1ncnc(Oc2ccc(Br)cc2C(C)C)c1F. The Bertz CT molecular complexity index is 617. The molecule has 5 heteroatoms. The molecule has 1 aromatic carbocycles. The van der Waals surface area contributed by atoms with Gasteiger partial charge in [0.05, 0.1) is 5.69 Å². The van der Waals surface area contributed by atoms with Gasteiger partial charge in [0.2, 0.25) is 5.82 Å². The molecule has 0 unspecified atom stereocenters. The van der Waals surface area contributed by atoms with E-state index < -0.39 is 5.82 Å². The zero-order valence-corrected chi connectivity index (χ0v) is 13.2. The Kier molecular flexibility index (Phi) is 4.70. The van der Waals surface area contributed by atoms with Crippen molar-refractivity contribution in [3.63, 3.8) is 0 Å². The van der Waals surface area contributed by atoms with Gasteiger partial charge in [-0.05, 0) is 36.1 Å². The third-order valence-corrected chi connectivity index (χ3v) is 3.46. The van der Waals surface area contributed by atoms with Gasteiger partial charge in [0, 0.05) is 4.47 Å². The van der Waals surface area contributed by atoms with Crippen molar-refractivity contribution < 1.29 is 9.13 Å². The van der Waals surface area contributed by atoms with Gasteiger partial charge in [-0.15, -0.1) is 0 Å². The molecule has 0 aliphatic heterocycles. The fraction of sp³-hybridized carbons (Fsp3) is 0.333. The van der Waals surface area contributed by atoms with Crippen LogP contribution < -0.4 is 4.74 Å². The van der Waals surface area contributed by atoms with Crippen molar-refractivity contribution in [3.8, 4) is 11.6 Å². The molecule has 0 aliphatic carbocycles. The third kappa shape index (κ3) is 3.15. The normalized spacial score (nSPS) is 10.9. The minimum absolute atomic E-state index is 0.0268. The molecule has 0 bridgehead atoms. The standard InChI is InChI=1S/C15H16BrFN2O/c1-4-12-14(17)15(19-8-18-12)20-13-6-5-10(16)7-11(13)9(2)3/h5-9H,4H2,1-3H3. The lowest BCUT2D eigenvalue weighted by Crippen LogP contribution is -2.01. The van der Waals surface area contributed by atoms with E-state index in [0.29, 0.717) is 17.9 Å². The Balaban J connectivity index is 2.40. The van der Waals surface area contributed by atoms with Gasteiger partial charge in [0.15, 0.2) is 0 Å². The van der Waals surface area contributed by atoms with Crippen LogP contribution in [0.5, 0.6) is 11.6 Å². The van der Waals surface area contributed by atoms with Crippen molar-refractivity contribution in [2.75, 3.05) is 0 Å². The van der Waals surface area contributed by atoms with Gasteiger partial charge in [0.25, 0.3) is 5.88 Å². The van der Waals surface area contributed by atoms with Crippen LogP contribution in [0.25, 0.3) is 0 Å². The van der Waals surface area contributed by atoms with Gasteiger partial charge >= 0.3 is 0 Å². The number of aryl methyl sites for hydroxylation is 1. The second kappa shape index (κ2) is 6.31. The molecule has 0 spiro atoms. The summed E-state index contributed by atoms with van der Waals surface area (Å²) in [6, 6.07) is 5.65. The zero-order valence-electron chi connectivity index (χ0n) is 11.7. The minimum Gasteiger partial charge on any atom is -0.436 e. The molecular weight excluding hydrogens is 323 g/mol. The molecule has 3 nitrogen and oxygen atoms in total. The lowest BCUT2D eigenvalue weighted by molar-refractivity contribution is 0.409. The van der Waals surface area contributed by atoms with Crippen LogP contribution in [0.1, 0.15) is 37.9 Å². The average Bonchev–Trinajstić information content (AvgIpc) is 2.42. The summed E-state index contributed by atoms with van der Waals surface area (Å²) in [4.78, 5) is 7.78. The highest BCUT2D eigenvalue weighted by Gasteiger charge is 2.15. The highest BCUT2D eigenvalue weighted by Crippen LogP contribution is 2.33. The average molecular weight is 339 g/mol. The minimum atomic E-state index is -0.493. The number of benzene rings is 1. The van der Waals surface area contributed by atoms with Crippen LogP contribution in [0.4, 0.5) is 4.39 Å². The number of nitrogens with zero attached hydrogens (tertiary/aromatic N) is 2. The molecule has 0 aliphatic rings. The molecule has 0 N–H and O–H groups in total. The first-order valence-corrected chi connectivity index (χ1v) is 7.28. The van der Waals surface area contributed by atoms with E-state index in [0.717, 1.165) is 10.0 Å². The fourth-order valence-corrected chi connectivity index (χ4v) is 2.25. The highest BCUT2D eigenvalue weighted by atomic mass is 79.9. The molecule has 0 fully saturated rings. The molecule has 0 saturated carbocycles. The van der Waals surface area contributed by atoms with Crippen molar-refractivity contribution in [1.29, 1.82) is 0 Å². The monoisotopic (exact) mass is 338 g/mol. The number of aromatic nitrogens is 2. The van der Waals surface area contributed by atoms with E-state index in [1.807, 2.05) is 25.1 Å². The summed E-state index contributed by atoms with van der Waals surface area (Å²) in [5.41, 5.74) is 1.36. The zero-order chi connectivity index (χ0) is 14.7.